The van der Waals surface area contributed by atoms with Crippen molar-refractivity contribution >= 4 is 35.6 Å². The normalized spacial score (nSPS) is 15.3. The number of fused-ring (bicyclic) bond motifs is 1. The summed E-state index contributed by atoms with van der Waals surface area (Å²) in [4.78, 5) is 4.46. The van der Waals surface area contributed by atoms with Crippen molar-refractivity contribution in [1.29, 1.82) is 0 Å². The average Bonchev–Trinajstić information content (AvgIpc) is 2.90. The zero-order valence-corrected chi connectivity index (χ0v) is 11.7. The number of hydrogen-bond acceptors (Lipinski definition) is 5. The molecule has 0 bridgehead atoms. The zero-order chi connectivity index (χ0) is 13.3. The summed E-state index contributed by atoms with van der Waals surface area (Å²) in [6, 6.07) is 12.8. The summed E-state index contributed by atoms with van der Waals surface area (Å²) in [6.45, 7) is 1.33. The van der Waals surface area contributed by atoms with Gasteiger partial charge in [0.25, 0.3) is 0 Å². The Balaban J connectivity index is 2.08. The fraction of sp³-hybridized carbons (Fsp3) is 0.154. The van der Waals surface area contributed by atoms with E-state index in [9.17, 15) is 8.42 Å². The third-order valence-corrected chi connectivity index (χ3v) is 6.07. The van der Waals surface area contributed by atoms with Crippen molar-refractivity contribution in [3.8, 4) is 0 Å². The maximum absolute atomic E-state index is 12.4. The first kappa shape index (κ1) is 12.5. The average molecular weight is 292 g/mol. The molecule has 0 amide bonds. The van der Waals surface area contributed by atoms with Gasteiger partial charge in [-0.15, -0.1) is 0 Å². The van der Waals surface area contributed by atoms with Gasteiger partial charge in [-0.25, -0.2) is 8.42 Å². The Bertz CT molecular complexity index is 749. The maximum Gasteiger partial charge on any atom is 0.238 e. The van der Waals surface area contributed by atoms with E-state index >= 15 is 0 Å². The highest BCUT2D eigenvalue weighted by molar-refractivity contribution is 8.77. The molecule has 0 atom stereocenters. The van der Waals surface area contributed by atoms with Crippen molar-refractivity contribution < 1.29 is 8.42 Å². The zero-order valence-electron chi connectivity index (χ0n) is 10.0. The van der Waals surface area contributed by atoms with Gasteiger partial charge >= 0.3 is 0 Å². The molecule has 4 nitrogen and oxygen atoms in total. The van der Waals surface area contributed by atoms with Gasteiger partial charge < -0.3 is 5.32 Å². The van der Waals surface area contributed by atoms with Gasteiger partial charge in [-0.05, 0) is 11.5 Å². The van der Waals surface area contributed by atoms with Crippen molar-refractivity contribution in [2.45, 2.75) is 4.90 Å². The van der Waals surface area contributed by atoms with Crippen LogP contribution in [0.1, 0.15) is 0 Å². The SMILES string of the molecule is O=S(=O)(SC1=NCCN1)c1cccc2ccccc12. The number of nitrogens with one attached hydrogen (secondary N) is 1. The maximum atomic E-state index is 12.4. The highest BCUT2D eigenvalue weighted by atomic mass is 33.1. The van der Waals surface area contributed by atoms with Crippen molar-refractivity contribution in [1.82, 2.24) is 5.32 Å². The Labute approximate surface area is 115 Å². The Morgan fingerprint density at radius 2 is 1.89 bits per heavy atom. The molecule has 6 heteroatoms. The van der Waals surface area contributed by atoms with E-state index in [2.05, 4.69) is 10.3 Å². The van der Waals surface area contributed by atoms with Gasteiger partial charge in [-0.2, -0.15) is 0 Å². The van der Waals surface area contributed by atoms with Gasteiger partial charge in [0.2, 0.25) is 8.87 Å². The van der Waals surface area contributed by atoms with Crippen LogP contribution in [-0.2, 0) is 8.87 Å². The van der Waals surface area contributed by atoms with Crippen LogP contribution in [0.3, 0.4) is 0 Å². The van der Waals surface area contributed by atoms with Crippen LogP contribution in [0, 0.1) is 0 Å². The van der Waals surface area contributed by atoms with Gasteiger partial charge in [-0.3, -0.25) is 4.99 Å². The monoisotopic (exact) mass is 292 g/mol. The second-order valence-electron chi connectivity index (χ2n) is 4.13. The Hall–Kier alpha value is -1.53. The number of rotatable bonds is 2. The highest BCUT2D eigenvalue weighted by Gasteiger charge is 2.22. The standard InChI is InChI=1S/C13H12N2O2S2/c16-19(17,18-13-14-8-9-15-13)12-7-3-5-10-4-1-2-6-11(10)12/h1-7H,8-9H2,(H,14,15). The summed E-state index contributed by atoms with van der Waals surface area (Å²) in [7, 11) is -2.66. The number of benzene rings is 2. The van der Waals surface area contributed by atoms with Gasteiger partial charge in [0, 0.05) is 22.7 Å². The molecule has 19 heavy (non-hydrogen) atoms. The molecule has 2 aromatic rings. The molecule has 1 aliphatic rings. The van der Waals surface area contributed by atoms with E-state index in [1.807, 2.05) is 30.3 Å². The van der Waals surface area contributed by atoms with Gasteiger partial charge in [0.05, 0.1) is 11.4 Å². The number of amidine groups is 1. The predicted octanol–water partition coefficient (Wildman–Crippen LogP) is 2.22. The van der Waals surface area contributed by atoms with E-state index in [4.69, 9.17) is 0 Å². The van der Waals surface area contributed by atoms with Crippen LogP contribution in [0.15, 0.2) is 52.4 Å². The first-order valence-electron chi connectivity index (χ1n) is 5.87. The highest BCUT2D eigenvalue weighted by Crippen LogP contribution is 2.30. The van der Waals surface area contributed by atoms with Crippen LogP contribution in [0.2, 0.25) is 0 Å². The second-order valence-corrected chi connectivity index (χ2v) is 7.85. The molecule has 1 aliphatic heterocycles. The summed E-state index contributed by atoms with van der Waals surface area (Å²) in [6.07, 6.45) is 0. The number of hydrogen-bond donors (Lipinski definition) is 1. The third-order valence-electron chi connectivity index (χ3n) is 2.85. The van der Waals surface area contributed by atoms with Crippen molar-refractivity contribution in [3.05, 3.63) is 42.5 Å². The van der Waals surface area contributed by atoms with Crippen molar-refractivity contribution in [2.75, 3.05) is 13.1 Å². The van der Waals surface area contributed by atoms with Crippen molar-refractivity contribution in [2.24, 2.45) is 4.99 Å². The van der Waals surface area contributed by atoms with Crippen LogP contribution in [-0.4, -0.2) is 26.7 Å². The molecule has 98 valence electrons. The molecular formula is C13H12N2O2S2. The summed E-state index contributed by atoms with van der Waals surface area (Å²) < 4.78 is 24.9. The van der Waals surface area contributed by atoms with E-state index in [1.54, 1.807) is 12.1 Å². The topological polar surface area (TPSA) is 58.5 Å². The largest absolute Gasteiger partial charge is 0.362 e. The van der Waals surface area contributed by atoms with Crippen molar-refractivity contribution in [3.63, 3.8) is 0 Å². The summed E-state index contributed by atoms with van der Waals surface area (Å²) >= 11 is 0. The minimum Gasteiger partial charge on any atom is -0.362 e. The van der Waals surface area contributed by atoms with Gasteiger partial charge in [-0.1, -0.05) is 36.4 Å². The summed E-state index contributed by atoms with van der Waals surface area (Å²) in [5.41, 5.74) is 0. The molecule has 0 saturated heterocycles. The van der Waals surface area contributed by atoms with Crippen LogP contribution in [0.25, 0.3) is 10.8 Å². The summed E-state index contributed by atoms with van der Waals surface area (Å²) in [5.74, 6) is 0. The van der Waals surface area contributed by atoms with Gasteiger partial charge in [0.1, 0.15) is 0 Å². The Morgan fingerprint density at radius 3 is 2.68 bits per heavy atom. The molecule has 2 aromatic carbocycles. The van der Waals surface area contributed by atoms with E-state index < -0.39 is 8.87 Å². The molecule has 1 heterocycles. The molecule has 1 N–H and O–H groups in total. The molecule has 0 saturated carbocycles. The minimum absolute atomic E-state index is 0.340. The lowest BCUT2D eigenvalue weighted by molar-refractivity contribution is 0.611. The van der Waals surface area contributed by atoms with Crippen LogP contribution in [0.5, 0.6) is 0 Å². The molecule has 0 aromatic heterocycles. The molecule has 0 radical (unpaired) electrons. The number of nitrogens with zero attached hydrogens (tertiary/aromatic N) is 1. The lowest BCUT2D eigenvalue weighted by Gasteiger charge is -2.07. The quantitative estimate of drug-likeness (QED) is 0.862. The Kier molecular flexibility index (Phi) is 3.20. The summed E-state index contributed by atoms with van der Waals surface area (Å²) in [5, 5.41) is 5.11. The predicted molar refractivity (Wildman–Crippen MR) is 79.0 cm³/mol. The molecule has 0 fully saturated rings. The lowest BCUT2D eigenvalue weighted by atomic mass is 10.1. The van der Waals surface area contributed by atoms with E-state index in [-0.39, 0.29) is 0 Å². The molecular weight excluding hydrogens is 280 g/mol. The second kappa shape index (κ2) is 4.86. The number of aliphatic imine (C=N–C) groups is 1. The van der Waals surface area contributed by atoms with Crippen LogP contribution < -0.4 is 5.32 Å². The van der Waals surface area contributed by atoms with Crippen LogP contribution >= 0.6 is 10.8 Å². The fourth-order valence-electron chi connectivity index (χ4n) is 1.99. The van der Waals surface area contributed by atoms with Crippen LogP contribution in [0.4, 0.5) is 0 Å². The smallest absolute Gasteiger partial charge is 0.238 e. The molecule has 3 rings (SSSR count). The third kappa shape index (κ3) is 2.46. The molecule has 0 unspecified atom stereocenters. The lowest BCUT2D eigenvalue weighted by Crippen LogP contribution is -2.17. The van der Waals surface area contributed by atoms with Gasteiger partial charge in [0.15, 0.2) is 5.17 Å². The molecule has 0 spiro atoms. The first-order chi connectivity index (χ1) is 9.17. The van der Waals surface area contributed by atoms with E-state index in [0.29, 0.717) is 23.2 Å². The first-order valence-corrected chi connectivity index (χ1v) is 8.69. The van der Waals surface area contributed by atoms with E-state index in [0.717, 1.165) is 21.6 Å². The fourth-order valence-corrected chi connectivity index (χ4v) is 4.96. The Morgan fingerprint density at radius 1 is 1.11 bits per heavy atom. The minimum atomic E-state index is -3.45. The van der Waals surface area contributed by atoms with E-state index in [1.165, 1.54) is 0 Å². The molecule has 0 aliphatic carbocycles.